The van der Waals surface area contributed by atoms with Crippen LogP contribution in [0.4, 0.5) is 11.5 Å². The highest BCUT2D eigenvalue weighted by Gasteiger charge is 2.12. The number of nitrogens with zero attached hydrogens (tertiary/aromatic N) is 4. The molecule has 1 N–H and O–H groups in total. The Morgan fingerprint density at radius 3 is 2.77 bits per heavy atom. The van der Waals surface area contributed by atoms with E-state index in [-0.39, 0.29) is 0 Å². The van der Waals surface area contributed by atoms with Gasteiger partial charge in [0, 0.05) is 49.4 Å². The van der Waals surface area contributed by atoms with Crippen LogP contribution in [-0.4, -0.2) is 48.5 Å². The van der Waals surface area contributed by atoms with E-state index in [9.17, 15) is 0 Å². The fraction of sp³-hybridized carbons (Fsp3) is 0.167. The summed E-state index contributed by atoms with van der Waals surface area (Å²) in [5, 5.41) is 4.30. The number of rotatable bonds is 8. The Morgan fingerprint density at radius 1 is 1.03 bits per heavy atom. The third-order valence-electron chi connectivity index (χ3n) is 4.57. The van der Waals surface area contributed by atoms with Crippen molar-refractivity contribution in [2.45, 2.75) is 0 Å². The van der Waals surface area contributed by atoms with Gasteiger partial charge in [0.1, 0.15) is 18.2 Å². The molecule has 7 nitrogen and oxygen atoms in total. The van der Waals surface area contributed by atoms with Crippen molar-refractivity contribution in [3.63, 3.8) is 0 Å². The molecular formula is C24H23N5O2. The molecule has 2 aromatic heterocycles. The Hall–Kier alpha value is -3.84. The van der Waals surface area contributed by atoms with Crippen molar-refractivity contribution in [1.82, 2.24) is 15.0 Å². The van der Waals surface area contributed by atoms with E-state index in [0.29, 0.717) is 24.9 Å². The number of pyridine rings is 1. The summed E-state index contributed by atoms with van der Waals surface area (Å²) >= 11 is 0. The van der Waals surface area contributed by atoms with Gasteiger partial charge in [0.05, 0.1) is 12.1 Å². The van der Waals surface area contributed by atoms with Crippen LogP contribution in [0.15, 0.2) is 72.0 Å². The van der Waals surface area contributed by atoms with Crippen LogP contribution in [0.25, 0.3) is 22.3 Å². The van der Waals surface area contributed by atoms with Gasteiger partial charge in [0.25, 0.3) is 0 Å². The van der Waals surface area contributed by atoms with E-state index in [4.69, 9.17) is 19.4 Å². The van der Waals surface area contributed by atoms with Gasteiger partial charge in [-0.2, -0.15) is 0 Å². The number of nitrogens with one attached hydrogen (secondary N) is 1. The molecule has 4 rings (SSSR count). The van der Waals surface area contributed by atoms with Gasteiger partial charge >= 0.3 is 0 Å². The van der Waals surface area contributed by atoms with E-state index >= 15 is 0 Å². The minimum Gasteiger partial charge on any atom is -0.491 e. The lowest BCUT2D eigenvalue weighted by molar-refractivity contribution is 0.146. The van der Waals surface area contributed by atoms with Gasteiger partial charge in [-0.25, -0.2) is 9.97 Å². The highest BCUT2D eigenvalue weighted by Crippen LogP contribution is 2.30. The van der Waals surface area contributed by atoms with E-state index in [1.54, 1.807) is 26.6 Å². The maximum atomic E-state index is 5.79. The van der Waals surface area contributed by atoms with Crippen LogP contribution in [0, 0.1) is 0 Å². The Morgan fingerprint density at radius 2 is 1.97 bits per heavy atom. The second-order valence-electron chi connectivity index (χ2n) is 6.80. The molecule has 0 unspecified atom stereocenters. The van der Waals surface area contributed by atoms with Crippen molar-refractivity contribution < 1.29 is 9.47 Å². The van der Waals surface area contributed by atoms with Crippen molar-refractivity contribution in [3.8, 4) is 17.1 Å². The van der Waals surface area contributed by atoms with E-state index in [1.807, 2.05) is 60.8 Å². The SMILES string of the molecule is C/N=C/c1cccc(Nc2nc(-c3cccnc3)nc3ccc(OCCOC)cc23)c1. The number of aromatic nitrogens is 3. The first kappa shape index (κ1) is 20.4. The monoisotopic (exact) mass is 413 g/mol. The molecule has 0 radical (unpaired) electrons. The summed E-state index contributed by atoms with van der Waals surface area (Å²) in [5.74, 6) is 2.02. The predicted octanol–water partition coefficient (Wildman–Crippen LogP) is 4.51. The lowest BCUT2D eigenvalue weighted by Crippen LogP contribution is -2.05. The number of hydrogen-bond acceptors (Lipinski definition) is 7. The van der Waals surface area contributed by atoms with Crippen molar-refractivity contribution in [2.24, 2.45) is 4.99 Å². The maximum absolute atomic E-state index is 5.79. The summed E-state index contributed by atoms with van der Waals surface area (Å²) in [7, 11) is 3.40. The zero-order chi connectivity index (χ0) is 21.5. The lowest BCUT2D eigenvalue weighted by Gasteiger charge is -2.13. The standard InChI is InChI=1S/C24H23N5O2/c1-25-15-17-5-3-7-19(13-17)27-24-21-14-20(31-12-11-30-2)8-9-22(21)28-23(29-24)18-6-4-10-26-16-18/h3-10,13-16H,11-12H2,1-2H3,(H,27,28,29)/b25-15+. The van der Waals surface area contributed by atoms with Crippen molar-refractivity contribution in [3.05, 3.63) is 72.6 Å². The lowest BCUT2D eigenvalue weighted by atomic mass is 10.1. The highest BCUT2D eigenvalue weighted by molar-refractivity contribution is 5.93. The van der Waals surface area contributed by atoms with Crippen LogP contribution in [0.3, 0.4) is 0 Å². The van der Waals surface area contributed by atoms with Crippen LogP contribution in [0.2, 0.25) is 0 Å². The molecule has 0 aliphatic carbocycles. The molecule has 0 saturated heterocycles. The van der Waals surface area contributed by atoms with Gasteiger partial charge in [-0.15, -0.1) is 0 Å². The zero-order valence-corrected chi connectivity index (χ0v) is 17.4. The van der Waals surface area contributed by atoms with Crippen LogP contribution >= 0.6 is 0 Å². The Kier molecular flexibility index (Phi) is 6.44. The average molecular weight is 413 g/mol. The fourth-order valence-corrected chi connectivity index (χ4v) is 3.14. The molecular weight excluding hydrogens is 390 g/mol. The van der Waals surface area contributed by atoms with Gasteiger partial charge in [-0.05, 0) is 48.0 Å². The van der Waals surface area contributed by atoms with Crippen LogP contribution in [-0.2, 0) is 4.74 Å². The molecule has 0 aliphatic heterocycles. The molecule has 0 fully saturated rings. The normalized spacial score (nSPS) is 11.2. The van der Waals surface area contributed by atoms with E-state index in [1.165, 1.54) is 0 Å². The number of benzene rings is 2. The Balaban J connectivity index is 1.78. The molecule has 2 heterocycles. The number of ether oxygens (including phenoxy) is 2. The largest absolute Gasteiger partial charge is 0.491 e. The van der Waals surface area contributed by atoms with Crippen LogP contribution in [0.5, 0.6) is 5.75 Å². The van der Waals surface area contributed by atoms with Gasteiger partial charge in [-0.3, -0.25) is 9.98 Å². The summed E-state index contributed by atoms with van der Waals surface area (Å²) in [6.07, 6.45) is 5.30. The van der Waals surface area contributed by atoms with Crippen molar-refractivity contribution in [1.29, 1.82) is 0 Å². The highest BCUT2D eigenvalue weighted by atomic mass is 16.5. The maximum Gasteiger partial charge on any atom is 0.163 e. The minimum absolute atomic E-state index is 0.470. The van der Waals surface area contributed by atoms with E-state index in [2.05, 4.69) is 15.3 Å². The number of methoxy groups -OCH3 is 1. The summed E-state index contributed by atoms with van der Waals surface area (Å²) < 4.78 is 10.9. The zero-order valence-electron chi connectivity index (χ0n) is 17.4. The predicted molar refractivity (Wildman–Crippen MR) is 123 cm³/mol. The fourth-order valence-electron chi connectivity index (χ4n) is 3.14. The van der Waals surface area contributed by atoms with Gasteiger partial charge in [-0.1, -0.05) is 12.1 Å². The second kappa shape index (κ2) is 9.77. The summed E-state index contributed by atoms with van der Waals surface area (Å²) in [6, 6.07) is 17.6. The molecule has 156 valence electrons. The molecule has 0 amide bonds. The third-order valence-corrected chi connectivity index (χ3v) is 4.57. The number of anilines is 2. The molecule has 0 spiro atoms. The van der Waals surface area contributed by atoms with Crippen LogP contribution in [0.1, 0.15) is 5.56 Å². The first-order valence-corrected chi connectivity index (χ1v) is 9.90. The van der Waals surface area contributed by atoms with Crippen LogP contribution < -0.4 is 10.1 Å². The molecule has 2 aromatic carbocycles. The van der Waals surface area contributed by atoms with Gasteiger partial charge in [0.15, 0.2) is 5.82 Å². The summed E-state index contributed by atoms with van der Waals surface area (Å²) in [4.78, 5) is 17.8. The Bertz CT molecular complexity index is 1200. The van der Waals surface area contributed by atoms with Crippen molar-refractivity contribution in [2.75, 3.05) is 32.7 Å². The summed E-state index contributed by atoms with van der Waals surface area (Å²) in [5.41, 5.74) is 3.56. The van der Waals surface area contributed by atoms with E-state index < -0.39 is 0 Å². The number of fused-ring (bicyclic) bond motifs is 1. The Labute approximate surface area is 180 Å². The average Bonchev–Trinajstić information content (AvgIpc) is 2.80. The first-order valence-electron chi connectivity index (χ1n) is 9.90. The summed E-state index contributed by atoms with van der Waals surface area (Å²) in [6.45, 7) is 0.989. The minimum atomic E-state index is 0.470. The smallest absolute Gasteiger partial charge is 0.163 e. The third kappa shape index (κ3) is 5.02. The quantitative estimate of drug-likeness (QED) is 0.338. The number of aliphatic imine (C=N–C) groups is 1. The molecule has 0 aliphatic rings. The molecule has 0 atom stereocenters. The van der Waals surface area contributed by atoms with Gasteiger partial charge in [0.2, 0.25) is 0 Å². The molecule has 0 saturated carbocycles. The van der Waals surface area contributed by atoms with Crippen molar-refractivity contribution >= 4 is 28.6 Å². The van der Waals surface area contributed by atoms with Gasteiger partial charge < -0.3 is 14.8 Å². The molecule has 0 bridgehead atoms. The van der Waals surface area contributed by atoms with E-state index in [0.717, 1.165) is 33.5 Å². The number of hydrogen-bond donors (Lipinski definition) is 1. The first-order chi connectivity index (χ1) is 15.3. The molecule has 31 heavy (non-hydrogen) atoms. The second-order valence-corrected chi connectivity index (χ2v) is 6.80. The molecule has 7 heteroatoms. The molecule has 4 aromatic rings. The topological polar surface area (TPSA) is 81.5 Å².